The van der Waals surface area contributed by atoms with E-state index < -0.39 is 5.60 Å². The summed E-state index contributed by atoms with van der Waals surface area (Å²) < 4.78 is 0. The zero-order valence-electron chi connectivity index (χ0n) is 9.48. The van der Waals surface area contributed by atoms with Crippen LogP contribution < -0.4 is 5.73 Å². The highest BCUT2D eigenvalue weighted by atomic mass is 35.5. The second kappa shape index (κ2) is 4.16. The lowest BCUT2D eigenvalue weighted by molar-refractivity contribution is 0.0572. The Morgan fingerprint density at radius 2 is 2.41 bits per heavy atom. The first-order valence-electron chi connectivity index (χ1n) is 5.32. The van der Waals surface area contributed by atoms with Crippen LogP contribution in [-0.4, -0.2) is 39.6 Å². The van der Waals surface area contributed by atoms with Crippen molar-refractivity contribution in [3.8, 4) is 0 Å². The summed E-state index contributed by atoms with van der Waals surface area (Å²) in [6.45, 7) is 2.54. The fraction of sp³-hybridized carbons (Fsp3) is 0.455. The molecule has 3 N–H and O–H groups in total. The molecule has 1 unspecified atom stereocenters. The second-order valence-corrected chi connectivity index (χ2v) is 4.96. The van der Waals surface area contributed by atoms with Gasteiger partial charge in [-0.2, -0.15) is 0 Å². The molecular formula is C11H14ClN3O2. The molecule has 0 saturated carbocycles. The molecule has 0 aromatic carbocycles. The highest BCUT2D eigenvalue weighted by molar-refractivity contribution is 6.29. The topological polar surface area (TPSA) is 79.5 Å². The van der Waals surface area contributed by atoms with Gasteiger partial charge in [0.1, 0.15) is 5.15 Å². The Hall–Kier alpha value is -1.33. The molecule has 1 saturated heterocycles. The average molecular weight is 256 g/mol. The van der Waals surface area contributed by atoms with Gasteiger partial charge in [0.05, 0.1) is 23.0 Å². The lowest BCUT2D eigenvalue weighted by atomic mass is 10.1. The van der Waals surface area contributed by atoms with E-state index in [1.807, 2.05) is 0 Å². The second-order valence-electron chi connectivity index (χ2n) is 4.57. The molecule has 0 bridgehead atoms. The lowest BCUT2D eigenvalue weighted by Gasteiger charge is -2.19. The van der Waals surface area contributed by atoms with Crippen LogP contribution in [0.15, 0.2) is 12.3 Å². The van der Waals surface area contributed by atoms with Crippen molar-refractivity contribution in [2.24, 2.45) is 0 Å². The van der Waals surface area contributed by atoms with Gasteiger partial charge in [0.2, 0.25) is 0 Å². The average Bonchev–Trinajstić information content (AvgIpc) is 2.61. The number of nitrogens with zero attached hydrogens (tertiary/aromatic N) is 2. The van der Waals surface area contributed by atoms with E-state index in [4.69, 9.17) is 17.3 Å². The summed E-state index contributed by atoms with van der Waals surface area (Å²) in [4.78, 5) is 17.5. The van der Waals surface area contributed by atoms with Crippen LogP contribution in [0.1, 0.15) is 23.7 Å². The number of aliphatic hydroxyl groups is 1. The molecule has 0 spiro atoms. The lowest BCUT2D eigenvalue weighted by Crippen LogP contribution is -2.34. The summed E-state index contributed by atoms with van der Waals surface area (Å²) in [5, 5.41) is 10.1. The largest absolute Gasteiger partial charge is 0.397 e. The number of rotatable bonds is 1. The van der Waals surface area contributed by atoms with E-state index >= 15 is 0 Å². The van der Waals surface area contributed by atoms with E-state index in [1.165, 1.54) is 12.3 Å². The van der Waals surface area contributed by atoms with Gasteiger partial charge < -0.3 is 15.7 Å². The van der Waals surface area contributed by atoms with Gasteiger partial charge >= 0.3 is 0 Å². The maximum Gasteiger partial charge on any atom is 0.256 e. The Labute approximate surface area is 104 Å². The van der Waals surface area contributed by atoms with Crippen molar-refractivity contribution in [3.63, 3.8) is 0 Å². The summed E-state index contributed by atoms with van der Waals surface area (Å²) in [6, 6.07) is 1.45. The predicted octanol–water partition coefficient (Wildman–Crippen LogP) is 0.914. The molecule has 92 valence electrons. The van der Waals surface area contributed by atoms with Crippen LogP contribution in [0.2, 0.25) is 5.15 Å². The van der Waals surface area contributed by atoms with Crippen molar-refractivity contribution in [1.29, 1.82) is 0 Å². The van der Waals surface area contributed by atoms with Crippen LogP contribution >= 0.6 is 11.6 Å². The number of nitrogen functional groups attached to an aromatic ring is 1. The number of hydrogen-bond donors (Lipinski definition) is 2. The first-order valence-corrected chi connectivity index (χ1v) is 5.69. The molecule has 1 aliphatic rings. The number of hydrogen-bond acceptors (Lipinski definition) is 4. The molecule has 6 heteroatoms. The van der Waals surface area contributed by atoms with Crippen molar-refractivity contribution < 1.29 is 9.90 Å². The van der Waals surface area contributed by atoms with E-state index in [1.54, 1.807) is 11.8 Å². The number of anilines is 1. The van der Waals surface area contributed by atoms with Gasteiger partial charge in [-0.15, -0.1) is 0 Å². The summed E-state index contributed by atoms with van der Waals surface area (Å²) in [7, 11) is 0. The van der Waals surface area contributed by atoms with Gasteiger partial charge in [-0.05, 0) is 19.4 Å². The van der Waals surface area contributed by atoms with Crippen LogP contribution in [0.25, 0.3) is 0 Å². The van der Waals surface area contributed by atoms with Crippen molar-refractivity contribution in [3.05, 3.63) is 23.0 Å². The van der Waals surface area contributed by atoms with Crippen molar-refractivity contribution in [2.75, 3.05) is 18.8 Å². The minimum absolute atomic E-state index is 0.218. The number of pyridine rings is 1. The minimum Gasteiger partial charge on any atom is -0.397 e. The molecule has 1 aromatic rings. The molecule has 2 heterocycles. The Morgan fingerprint density at radius 1 is 1.71 bits per heavy atom. The molecule has 1 amide bonds. The molecule has 2 rings (SSSR count). The normalized spacial score (nSPS) is 24.1. The fourth-order valence-electron chi connectivity index (χ4n) is 1.91. The molecule has 1 fully saturated rings. The van der Waals surface area contributed by atoms with Crippen LogP contribution in [0.3, 0.4) is 0 Å². The monoisotopic (exact) mass is 255 g/mol. The van der Waals surface area contributed by atoms with Gasteiger partial charge in [-0.25, -0.2) is 4.98 Å². The fourth-order valence-corrected chi connectivity index (χ4v) is 2.07. The molecule has 1 aromatic heterocycles. The molecule has 5 nitrogen and oxygen atoms in total. The number of carbonyl (C=O) groups excluding carboxylic acids is 1. The third-order valence-corrected chi connectivity index (χ3v) is 3.08. The molecule has 17 heavy (non-hydrogen) atoms. The van der Waals surface area contributed by atoms with Crippen LogP contribution in [0, 0.1) is 0 Å². The third kappa shape index (κ3) is 2.50. The highest BCUT2D eigenvalue weighted by Crippen LogP contribution is 2.24. The van der Waals surface area contributed by atoms with Crippen molar-refractivity contribution >= 4 is 23.2 Å². The van der Waals surface area contributed by atoms with Gasteiger partial charge in [-0.1, -0.05) is 11.6 Å². The molecule has 1 atom stereocenters. The summed E-state index contributed by atoms with van der Waals surface area (Å²) >= 11 is 5.74. The van der Waals surface area contributed by atoms with Crippen LogP contribution in [0.4, 0.5) is 5.69 Å². The van der Waals surface area contributed by atoms with Crippen molar-refractivity contribution in [2.45, 2.75) is 18.9 Å². The minimum atomic E-state index is -0.818. The number of carbonyl (C=O) groups is 1. The van der Waals surface area contributed by atoms with Crippen LogP contribution in [-0.2, 0) is 0 Å². The van der Waals surface area contributed by atoms with Crippen LogP contribution in [0.5, 0.6) is 0 Å². The summed E-state index contributed by atoms with van der Waals surface area (Å²) in [5.74, 6) is -0.218. The number of halogens is 1. The maximum absolute atomic E-state index is 12.2. The number of β-amino-alcohol motifs (C(OH)–C–C–N with tert-alkyl or cyclic N) is 1. The molecular weight excluding hydrogens is 242 g/mol. The Kier molecular flexibility index (Phi) is 2.97. The Morgan fingerprint density at radius 3 is 3.00 bits per heavy atom. The zero-order chi connectivity index (χ0) is 12.6. The first kappa shape index (κ1) is 12.1. The van der Waals surface area contributed by atoms with Gasteiger partial charge in [-0.3, -0.25) is 4.79 Å². The quantitative estimate of drug-likeness (QED) is 0.731. The number of nitrogens with two attached hydrogens (primary N) is 1. The van der Waals surface area contributed by atoms with E-state index in [9.17, 15) is 9.90 Å². The van der Waals surface area contributed by atoms with Gasteiger partial charge in [0.15, 0.2) is 0 Å². The Bertz CT molecular complexity index is 462. The summed E-state index contributed by atoms with van der Waals surface area (Å²) in [5.41, 5.74) is 5.51. The predicted molar refractivity (Wildman–Crippen MR) is 64.8 cm³/mol. The number of likely N-dealkylation sites (tertiary alicyclic amines) is 1. The molecule has 1 aliphatic heterocycles. The molecule has 0 aliphatic carbocycles. The third-order valence-electron chi connectivity index (χ3n) is 2.87. The Balaban J connectivity index is 2.23. The van der Waals surface area contributed by atoms with E-state index in [-0.39, 0.29) is 11.1 Å². The molecule has 0 radical (unpaired) electrons. The van der Waals surface area contributed by atoms with Gasteiger partial charge in [0.25, 0.3) is 5.91 Å². The van der Waals surface area contributed by atoms with E-state index in [2.05, 4.69) is 4.98 Å². The smallest absolute Gasteiger partial charge is 0.256 e. The number of amides is 1. The highest BCUT2D eigenvalue weighted by Gasteiger charge is 2.34. The summed E-state index contributed by atoms with van der Waals surface area (Å²) in [6.07, 6.45) is 1.93. The van der Waals surface area contributed by atoms with Gasteiger partial charge in [0, 0.05) is 13.1 Å². The zero-order valence-corrected chi connectivity index (χ0v) is 10.2. The van der Waals surface area contributed by atoms with Crippen molar-refractivity contribution in [1.82, 2.24) is 9.88 Å². The standard InChI is InChI=1S/C11H14ClN3O2/c1-11(17)2-3-15(6-11)10(16)7-4-9(12)14-5-8(7)13/h4-5,17H,2-3,6,13H2,1H3. The van der Waals surface area contributed by atoms with E-state index in [0.717, 1.165) is 0 Å². The van der Waals surface area contributed by atoms with E-state index in [0.29, 0.717) is 30.8 Å². The maximum atomic E-state index is 12.2. The first-order chi connectivity index (χ1) is 7.89. The number of aromatic nitrogens is 1. The SMILES string of the molecule is CC1(O)CCN(C(=O)c2cc(Cl)ncc2N)C1.